The fraction of sp³-hybridized carbons (Fsp3) is 0.760. The van der Waals surface area contributed by atoms with Crippen molar-refractivity contribution >= 4 is 0 Å². The summed E-state index contributed by atoms with van der Waals surface area (Å²) in [6.07, 6.45) is -24.3. The maximum atomic E-state index is 10.9. The second-order valence-electron chi connectivity index (χ2n) is 10.1. The molecule has 0 amide bonds. The van der Waals surface area contributed by atoms with E-state index in [9.17, 15) is 51.1 Å². The van der Waals surface area contributed by atoms with Gasteiger partial charge in [-0.15, -0.1) is 0 Å². The maximum absolute atomic E-state index is 10.9. The lowest BCUT2D eigenvalue weighted by molar-refractivity contribution is -0.380. The third kappa shape index (κ3) is 7.05. The van der Waals surface area contributed by atoms with Crippen molar-refractivity contribution in [3.05, 3.63) is 35.9 Å². The van der Waals surface area contributed by atoms with E-state index in [2.05, 4.69) is 0 Å². The van der Waals surface area contributed by atoms with Crippen molar-refractivity contribution in [2.45, 2.75) is 98.7 Å². The summed E-state index contributed by atoms with van der Waals surface area (Å²) in [7, 11) is 0. The highest BCUT2D eigenvalue weighted by atomic mass is 16.8. The van der Waals surface area contributed by atoms with E-state index in [1.54, 1.807) is 30.3 Å². The first kappa shape index (κ1) is 32.5. The molecule has 3 saturated heterocycles. The summed E-state index contributed by atoms with van der Waals surface area (Å²) >= 11 is 0. The molecule has 10 N–H and O–H groups in total. The van der Waals surface area contributed by atoms with Crippen molar-refractivity contribution in [3.8, 4) is 0 Å². The highest BCUT2D eigenvalue weighted by molar-refractivity contribution is 5.13. The van der Waals surface area contributed by atoms with Crippen LogP contribution in [0.4, 0.5) is 0 Å². The van der Waals surface area contributed by atoms with Crippen LogP contribution in [0.25, 0.3) is 0 Å². The Labute approximate surface area is 234 Å². The number of hydrogen-bond donors (Lipinski definition) is 10. The van der Waals surface area contributed by atoms with Crippen LogP contribution in [0.2, 0.25) is 0 Å². The summed E-state index contributed by atoms with van der Waals surface area (Å²) < 4.78 is 33.1. The van der Waals surface area contributed by atoms with Crippen molar-refractivity contribution < 1.29 is 79.5 Å². The molecule has 234 valence electrons. The number of aliphatic hydroxyl groups is 10. The molecule has 0 radical (unpaired) electrons. The molecule has 16 heteroatoms. The molecule has 0 spiro atoms. The lowest BCUT2D eigenvalue weighted by Gasteiger charge is -2.48. The van der Waals surface area contributed by atoms with Gasteiger partial charge < -0.3 is 79.5 Å². The largest absolute Gasteiger partial charge is 0.394 e. The van der Waals surface area contributed by atoms with Crippen LogP contribution in [0.15, 0.2) is 30.3 Å². The van der Waals surface area contributed by atoms with Gasteiger partial charge in [-0.2, -0.15) is 0 Å². The molecule has 3 heterocycles. The van der Waals surface area contributed by atoms with Gasteiger partial charge in [-0.05, 0) is 5.56 Å². The summed E-state index contributed by atoms with van der Waals surface area (Å²) in [5.41, 5.74) is 0.748. The Bertz CT molecular complexity index is 922. The molecule has 0 aliphatic carbocycles. The van der Waals surface area contributed by atoms with Crippen LogP contribution in [-0.2, 0) is 35.0 Å². The van der Waals surface area contributed by atoms with E-state index >= 15 is 0 Å². The summed E-state index contributed by atoms with van der Waals surface area (Å²) in [5, 5.41) is 102. The Kier molecular flexibility index (Phi) is 11.4. The minimum absolute atomic E-state index is 0.00829. The summed E-state index contributed by atoms with van der Waals surface area (Å²) in [5.74, 6) is 0. The number of benzene rings is 1. The van der Waals surface area contributed by atoms with E-state index in [0.717, 1.165) is 5.56 Å². The predicted octanol–water partition coefficient (Wildman–Crippen LogP) is -5.35. The molecule has 3 aliphatic rings. The van der Waals surface area contributed by atoms with Gasteiger partial charge in [0.2, 0.25) is 0 Å². The summed E-state index contributed by atoms with van der Waals surface area (Å²) in [6.45, 7) is -2.22. The number of hydrogen-bond acceptors (Lipinski definition) is 16. The van der Waals surface area contributed by atoms with Gasteiger partial charge in [0.25, 0.3) is 0 Å². The average molecular weight is 595 g/mol. The first-order chi connectivity index (χ1) is 19.6. The fourth-order valence-corrected chi connectivity index (χ4v) is 4.93. The highest BCUT2D eigenvalue weighted by Gasteiger charge is 2.53. The molecule has 41 heavy (non-hydrogen) atoms. The van der Waals surface area contributed by atoms with Crippen LogP contribution < -0.4 is 0 Å². The molecular weight excluding hydrogens is 556 g/mol. The molecule has 0 unspecified atom stereocenters. The van der Waals surface area contributed by atoms with E-state index < -0.39 is 112 Å². The third-order valence-electron chi connectivity index (χ3n) is 7.33. The molecule has 16 nitrogen and oxygen atoms in total. The SMILES string of the molecule is OC[C@H]1O[C@H](O[C@@H]2[C@H](O)[C@@H](O)[C@H](O[C@H]3[C@@H](O)[C@@H](CO)O[C@@H](OCc4ccccc4)[C@@H]3O)O[C@@H]2CO)[C@H](O)[C@@H](O)[C@H]1O. The van der Waals surface area contributed by atoms with Crippen LogP contribution in [0.3, 0.4) is 0 Å². The summed E-state index contributed by atoms with van der Waals surface area (Å²) in [6, 6.07) is 8.91. The minimum atomic E-state index is -1.91. The van der Waals surface area contributed by atoms with Gasteiger partial charge in [0.05, 0.1) is 26.4 Å². The zero-order chi connectivity index (χ0) is 29.8. The second kappa shape index (κ2) is 14.4. The van der Waals surface area contributed by atoms with Gasteiger partial charge in [0.1, 0.15) is 73.2 Å². The van der Waals surface area contributed by atoms with E-state index in [-0.39, 0.29) is 6.61 Å². The van der Waals surface area contributed by atoms with Crippen molar-refractivity contribution in [1.29, 1.82) is 0 Å². The molecule has 1 aromatic rings. The normalized spacial score (nSPS) is 45.5. The van der Waals surface area contributed by atoms with Crippen LogP contribution >= 0.6 is 0 Å². The number of aliphatic hydroxyl groups excluding tert-OH is 10. The van der Waals surface area contributed by atoms with Gasteiger partial charge in [0, 0.05) is 0 Å². The van der Waals surface area contributed by atoms with E-state index in [4.69, 9.17) is 28.4 Å². The van der Waals surface area contributed by atoms with E-state index in [1.165, 1.54) is 0 Å². The number of rotatable bonds is 10. The lowest BCUT2D eigenvalue weighted by Crippen LogP contribution is -2.66. The van der Waals surface area contributed by atoms with Crippen LogP contribution in [0.1, 0.15) is 5.56 Å². The average Bonchev–Trinajstić information content (AvgIpc) is 2.98. The Morgan fingerprint density at radius 1 is 0.512 bits per heavy atom. The molecule has 0 bridgehead atoms. The van der Waals surface area contributed by atoms with Crippen molar-refractivity contribution in [2.75, 3.05) is 19.8 Å². The van der Waals surface area contributed by atoms with Crippen molar-refractivity contribution in [3.63, 3.8) is 0 Å². The molecule has 0 saturated carbocycles. The van der Waals surface area contributed by atoms with Gasteiger partial charge in [0.15, 0.2) is 18.9 Å². The zero-order valence-electron chi connectivity index (χ0n) is 21.8. The van der Waals surface area contributed by atoms with Crippen molar-refractivity contribution in [2.24, 2.45) is 0 Å². The van der Waals surface area contributed by atoms with Gasteiger partial charge in [-0.25, -0.2) is 0 Å². The van der Waals surface area contributed by atoms with E-state index in [1.807, 2.05) is 0 Å². The van der Waals surface area contributed by atoms with Gasteiger partial charge >= 0.3 is 0 Å². The monoisotopic (exact) mass is 594 g/mol. The zero-order valence-corrected chi connectivity index (χ0v) is 21.8. The fourth-order valence-electron chi connectivity index (χ4n) is 4.93. The van der Waals surface area contributed by atoms with Crippen LogP contribution in [-0.4, -0.2) is 163 Å². The number of ether oxygens (including phenoxy) is 6. The highest BCUT2D eigenvalue weighted by Crippen LogP contribution is 2.32. The Morgan fingerprint density at radius 2 is 1.02 bits per heavy atom. The van der Waals surface area contributed by atoms with Crippen LogP contribution in [0.5, 0.6) is 0 Å². The molecule has 3 aliphatic heterocycles. The Hall–Kier alpha value is -1.42. The van der Waals surface area contributed by atoms with E-state index in [0.29, 0.717) is 0 Å². The minimum Gasteiger partial charge on any atom is -0.394 e. The van der Waals surface area contributed by atoms with Gasteiger partial charge in [-0.1, -0.05) is 30.3 Å². The topological polar surface area (TPSA) is 258 Å². The van der Waals surface area contributed by atoms with Gasteiger partial charge in [-0.3, -0.25) is 0 Å². The smallest absolute Gasteiger partial charge is 0.187 e. The first-order valence-corrected chi connectivity index (χ1v) is 13.1. The third-order valence-corrected chi connectivity index (χ3v) is 7.33. The first-order valence-electron chi connectivity index (χ1n) is 13.1. The van der Waals surface area contributed by atoms with Crippen molar-refractivity contribution in [1.82, 2.24) is 0 Å². The predicted molar refractivity (Wildman–Crippen MR) is 130 cm³/mol. The maximum Gasteiger partial charge on any atom is 0.187 e. The molecular formula is C25H38O16. The Morgan fingerprint density at radius 3 is 1.63 bits per heavy atom. The molecule has 15 atom stereocenters. The second-order valence-corrected chi connectivity index (χ2v) is 10.1. The quantitative estimate of drug-likeness (QED) is 0.121. The molecule has 4 rings (SSSR count). The van der Waals surface area contributed by atoms with Crippen LogP contribution in [0, 0.1) is 0 Å². The molecule has 3 fully saturated rings. The molecule has 1 aromatic carbocycles. The molecule has 0 aromatic heterocycles. The Balaban J connectivity index is 1.44. The standard InChI is InChI=1S/C25H38O16/c26-6-11-14(29)16(31)18(33)24(38-11)40-21-13(8-28)39-25(19(34)17(21)32)41-22-15(30)12(7-27)37-23(20(22)35)36-9-10-4-2-1-3-5-10/h1-5,11-35H,6-9H2/t11-,12-,13-,14+,15+,16+,17-,18-,19-,20-,21+,22+,23-,24-,25+/m1/s1. The lowest BCUT2D eigenvalue weighted by atomic mass is 9.96. The summed E-state index contributed by atoms with van der Waals surface area (Å²) in [4.78, 5) is 0.